The number of amides is 1. The number of carboxylic acid groups (broad SMARTS) is 1. The molecule has 2 rings (SSSR count). The standard InChI is InChI=1S/C25H33NO6S/c1-3-31-23(24(27)28)18-20-10-12-22(13-11-20)32-16-15-26(25(29)30-2)14-7-17-33-19-21-8-5-4-6-9-21/h4-6,8-13,23H,3,7,14-19H2,1-2H3,(H,27,28). The normalized spacial score (nSPS) is 11.6. The van der Waals surface area contributed by atoms with Gasteiger partial charge in [-0.1, -0.05) is 42.5 Å². The topological polar surface area (TPSA) is 85.3 Å². The lowest BCUT2D eigenvalue weighted by atomic mass is 10.1. The van der Waals surface area contributed by atoms with E-state index in [4.69, 9.17) is 14.2 Å². The highest BCUT2D eigenvalue weighted by molar-refractivity contribution is 7.98. The number of nitrogens with zero attached hydrogens (tertiary/aromatic N) is 1. The predicted molar refractivity (Wildman–Crippen MR) is 130 cm³/mol. The second kappa shape index (κ2) is 15.2. The molecule has 0 bridgehead atoms. The van der Waals surface area contributed by atoms with Crippen LogP contribution in [0.15, 0.2) is 54.6 Å². The van der Waals surface area contributed by atoms with Gasteiger partial charge in [-0.3, -0.25) is 0 Å². The fourth-order valence-electron chi connectivity index (χ4n) is 3.17. The number of methoxy groups -OCH3 is 1. The van der Waals surface area contributed by atoms with Gasteiger partial charge in [-0.2, -0.15) is 11.8 Å². The molecule has 0 fully saturated rings. The third-order valence-corrected chi connectivity index (χ3v) is 5.99. The molecule has 0 saturated carbocycles. The molecule has 7 nitrogen and oxygen atoms in total. The number of carbonyl (C=O) groups is 2. The Hall–Kier alpha value is -2.71. The Labute approximate surface area is 200 Å². The van der Waals surface area contributed by atoms with Crippen molar-refractivity contribution in [1.82, 2.24) is 4.90 Å². The first kappa shape index (κ1) is 26.5. The molecule has 0 aromatic heterocycles. The molecule has 0 aliphatic carbocycles. The molecule has 1 amide bonds. The fraction of sp³-hybridized carbons (Fsp3) is 0.440. The van der Waals surface area contributed by atoms with E-state index in [2.05, 4.69) is 12.1 Å². The molecule has 0 saturated heterocycles. The van der Waals surface area contributed by atoms with E-state index in [1.165, 1.54) is 12.7 Å². The van der Waals surface area contributed by atoms with Crippen molar-refractivity contribution in [3.63, 3.8) is 0 Å². The van der Waals surface area contributed by atoms with Crippen LogP contribution >= 0.6 is 11.8 Å². The first-order valence-corrected chi connectivity index (χ1v) is 12.2. The van der Waals surface area contributed by atoms with Gasteiger partial charge in [0, 0.05) is 25.3 Å². The summed E-state index contributed by atoms with van der Waals surface area (Å²) < 4.78 is 15.9. The van der Waals surface area contributed by atoms with E-state index in [0.29, 0.717) is 38.5 Å². The third-order valence-electron chi connectivity index (χ3n) is 4.88. The Bertz CT molecular complexity index is 831. The van der Waals surface area contributed by atoms with Crippen LogP contribution in [0.5, 0.6) is 5.75 Å². The maximum absolute atomic E-state index is 12.1. The van der Waals surface area contributed by atoms with Crippen molar-refractivity contribution in [2.24, 2.45) is 0 Å². The number of thioether (sulfide) groups is 1. The van der Waals surface area contributed by atoms with Crippen molar-refractivity contribution >= 4 is 23.8 Å². The Morgan fingerprint density at radius 2 is 1.76 bits per heavy atom. The largest absolute Gasteiger partial charge is 0.492 e. The van der Waals surface area contributed by atoms with Crippen molar-refractivity contribution in [2.45, 2.75) is 31.6 Å². The zero-order chi connectivity index (χ0) is 23.9. The predicted octanol–water partition coefficient (Wildman–Crippen LogP) is 4.49. The smallest absolute Gasteiger partial charge is 0.409 e. The van der Waals surface area contributed by atoms with Gasteiger partial charge in [0.05, 0.1) is 13.7 Å². The van der Waals surface area contributed by atoms with E-state index >= 15 is 0 Å². The highest BCUT2D eigenvalue weighted by Crippen LogP contribution is 2.15. The number of benzene rings is 2. The summed E-state index contributed by atoms with van der Waals surface area (Å²) in [6, 6.07) is 17.6. The fourth-order valence-corrected chi connectivity index (χ4v) is 4.08. The number of hydrogen-bond acceptors (Lipinski definition) is 6. The highest BCUT2D eigenvalue weighted by Gasteiger charge is 2.18. The maximum atomic E-state index is 12.1. The van der Waals surface area contributed by atoms with Crippen LogP contribution in [0.4, 0.5) is 4.79 Å². The van der Waals surface area contributed by atoms with Crippen LogP contribution in [-0.4, -0.2) is 67.3 Å². The third kappa shape index (κ3) is 10.2. The molecule has 1 unspecified atom stereocenters. The first-order chi connectivity index (χ1) is 16.0. The summed E-state index contributed by atoms with van der Waals surface area (Å²) in [5.41, 5.74) is 2.15. The lowest BCUT2D eigenvalue weighted by molar-refractivity contribution is -0.149. The van der Waals surface area contributed by atoms with Gasteiger partial charge in [0.2, 0.25) is 0 Å². The Morgan fingerprint density at radius 3 is 2.39 bits per heavy atom. The molecule has 180 valence electrons. The van der Waals surface area contributed by atoms with Crippen LogP contribution < -0.4 is 4.74 Å². The number of ether oxygens (including phenoxy) is 3. The number of rotatable bonds is 15. The van der Waals surface area contributed by atoms with Gasteiger partial charge < -0.3 is 24.2 Å². The van der Waals surface area contributed by atoms with Crippen molar-refractivity contribution in [3.05, 3.63) is 65.7 Å². The summed E-state index contributed by atoms with van der Waals surface area (Å²) in [5, 5.41) is 9.20. The summed E-state index contributed by atoms with van der Waals surface area (Å²) in [5.74, 6) is 1.59. The van der Waals surface area contributed by atoms with Gasteiger partial charge in [0.25, 0.3) is 0 Å². The Morgan fingerprint density at radius 1 is 1.03 bits per heavy atom. The molecule has 2 aromatic rings. The molecule has 2 aromatic carbocycles. The lowest BCUT2D eigenvalue weighted by Gasteiger charge is -2.21. The van der Waals surface area contributed by atoms with Gasteiger partial charge in [0.15, 0.2) is 6.10 Å². The molecule has 0 aliphatic rings. The number of aliphatic carboxylic acids is 1. The maximum Gasteiger partial charge on any atom is 0.409 e. The van der Waals surface area contributed by atoms with E-state index in [9.17, 15) is 14.7 Å². The van der Waals surface area contributed by atoms with Crippen LogP contribution in [0, 0.1) is 0 Å². The monoisotopic (exact) mass is 475 g/mol. The molecule has 8 heteroatoms. The minimum Gasteiger partial charge on any atom is -0.492 e. The summed E-state index contributed by atoms with van der Waals surface area (Å²) in [7, 11) is 1.38. The second-order valence-electron chi connectivity index (χ2n) is 7.33. The van der Waals surface area contributed by atoms with Gasteiger partial charge >= 0.3 is 12.1 Å². The summed E-state index contributed by atoms with van der Waals surface area (Å²) in [4.78, 5) is 25.0. The average Bonchev–Trinajstić information content (AvgIpc) is 2.83. The molecule has 0 aliphatic heterocycles. The number of carboxylic acids is 1. The zero-order valence-electron chi connectivity index (χ0n) is 19.3. The molecule has 1 atom stereocenters. The molecule has 0 heterocycles. The van der Waals surface area contributed by atoms with Crippen LogP contribution in [-0.2, 0) is 26.4 Å². The zero-order valence-corrected chi connectivity index (χ0v) is 20.1. The van der Waals surface area contributed by atoms with Crippen LogP contribution in [0.3, 0.4) is 0 Å². The van der Waals surface area contributed by atoms with Gasteiger partial charge in [-0.15, -0.1) is 0 Å². The minimum absolute atomic E-state index is 0.294. The molecule has 33 heavy (non-hydrogen) atoms. The van der Waals surface area contributed by atoms with E-state index < -0.39 is 12.1 Å². The van der Waals surface area contributed by atoms with E-state index in [0.717, 1.165) is 23.5 Å². The van der Waals surface area contributed by atoms with E-state index in [1.807, 2.05) is 42.1 Å². The van der Waals surface area contributed by atoms with Crippen LogP contribution in [0.1, 0.15) is 24.5 Å². The molecular formula is C25H33NO6S. The van der Waals surface area contributed by atoms with Crippen molar-refractivity contribution < 1.29 is 28.9 Å². The molecule has 0 radical (unpaired) electrons. The molecular weight excluding hydrogens is 442 g/mol. The van der Waals surface area contributed by atoms with Crippen molar-refractivity contribution in [3.8, 4) is 5.75 Å². The van der Waals surface area contributed by atoms with Crippen LogP contribution in [0.25, 0.3) is 0 Å². The second-order valence-corrected chi connectivity index (χ2v) is 8.43. The van der Waals surface area contributed by atoms with Gasteiger partial charge in [-0.25, -0.2) is 9.59 Å². The number of hydrogen-bond donors (Lipinski definition) is 1. The lowest BCUT2D eigenvalue weighted by Crippen LogP contribution is -2.35. The number of carbonyl (C=O) groups excluding carboxylic acids is 1. The summed E-state index contributed by atoms with van der Waals surface area (Å²) in [6.07, 6.45) is -0.0628. The molecule has 1 N–H and O–H groups in total. The average molecular weight is 476 g/mol. The Kier molecular flexibility index (Phi) is 12.2. The van der Waals surface area contributed by atoms with Crippen molar-refractivity contribution in [1.29, 1.82) is 0 Å². The van der Waals surface area contributed by atoms with E-state index in [1.54, 1.807) is 24.0 Å². The van der Waals surface area contributed by atoms with E-state index in [-0.39, 0.29) is 6.09 Å². The Balaban J connectivity index is 1.73. The van der Waals surface area contributed by atoms with Gasteiger partial charge in [0.1, 0.15) is 12.4 Å². The highest BCUT2D eigenvalue weighted by atomic mass is 32.2. The summed E-state index contributed by atoms with van der Waals surface area (Å²) >= 11 is 1.84. The first-order valence-electron chi connectivity index (χ1n) is 11.0. The SMILES string of the molecule is CCOC(Cc1ccc(OCCN(CCCSCc2ccccc2)C(=O)OC)cc1)C(=O)O. The summed E-state index contributed by atoms with van der Waals surface area (Å²) in [6.45, 7) is 3.48. The van der Waals surface area contributed by atoms with Crippen LogP contribution in [0.2, 0.25) is 0 Å². The van der Waals surface area contributed by atoms with Gasteiger partial charge in [-0.05, 0) is 42.4 Å². The molecule has 0 spiro atoms. The van der Waals surface area contributed by atoms with Crippen molar-refractivity contribution in [2.75, 3.05) is 39.2 Å². The quantitative estimate of drug-likeness (QED) is 0.380. The minimum atomic E-state index is -0.974.